The Morgan fingerprint density at radius 3 is 2.47 bits per heavy atom. The Morgan fingerprint density at radius 2 is 1.81 bits per heavy atom. The number of rotatable bonds is 8. The predicted octanol–water partition coefficient (Wildman–Crippen LogP) is 2.29. The zero-order valence-corrected chi connectivity index (χ0v) is 18.3. The number of amides is 3. The largest absolute Gasteiger partial charge is 0.453 e. The van der Waals surface area contributed by atoms with Crippen LogP contribution in [-0.4, -0.2) is 49.0 Å². The minimum atomic E-state index is -0.774. The second-order valence-corrected chi connectivity index (χ2v) is 8.04. The summed E-state index contributed by atoms with van der Waals surface area (Å²) in [5, 5.41) is 5.46. The molecule has 0 radical (unpaired) electrons. The van der Waals surface area contributed by atoms with Crippen LogP contribution in [0.1, 0.15) is 24.0 Å². The van der Waals surface area contributed by atoms with Gasteiger partial charge >= 0.3 is 6.09 Å². The number of anilines is 1. The summed E-state index contributed by atoms with van der Waals surface area (Å²) in [6.45, 7) is 2.33. The number of carbonyl (C=O) groups is 3. The van der Waals surface area contributed by atoms with Crippen molar-refractivity contribution >= 4 is 23.6 Å². The van der Waals surface area contributed by atoms with E-state index < -0.39 is 12.1 Å². The van der Waals surface area contributed by atoms with Crippen molar-refractivity contribution in [2.24, 2.45) is 11.7 Å². The number of piperidine rings is 1. The van der Waals surface area contributed by atoms with Gasteiger partial charge in [0, 0.05) is 25.2 Å². The third-order valence-electron chi connectivity index (χ3n) is 5.61. The Labute approximate surface area is 188 Å². The number of nitrogens with zero attached hydrogens (tertiary/aromatic N) is 1. The smallest absolute Gasteiger partial charge is 0.407 e. The number of nitrogens with one attached hydrogen (secondary N) is 2. The van der Waals surface area contributed by atoms with Crippen LogP contribution in [0.15, 0.2) is 54.6 Å². The number of hydrogen-bond donors (Lipinski definition) is 3. The molecule has 8 nitrogen and oxygen atoms in total. The van der Waals surface area contributed by atoms with Crippen LogP contribution in [0.5, 0.6) is 0 Å². The number of benzene rings is 2. The van der Waals surface area contributed by atoms with Crippen molar-refractivity contribution in [1.82, 2.24) is 10.2 Å². The molecule has 2 atom stereocenters. The van der Waals surface area contributed by atoms with Crippen LogP contribution >= 0.6 is 0 Å². The Hall–Kier alpha value is -3.39. The SMILES string of the molecule is COC(=O)NC(Cc1ccccc1)C(=O)Nc1ccc(CN2CCCC(C(N)=O)C2)cc1. The van der Waals surface area contributed by atoms with E-state index in [0.29, 0.717) is 18.7 Å². The summed E-state index contributed by atoms with van der Waals surface area (Å²) in [6.07, 6.45) is 1.49. The van der Waals surface area contributed by atoms with Gasteiger partial charge in [-0.3, -0.25) is 14.5 Å². The topological polar surface area (TPSA) is 114 Å². The first-order valence-electron chi connectivity index (χ1n) is 10.7. The summed E-state index contributed by atoms with van der Waals surface area (Å²) >= 11 is 0. The molecule has 2 aromatic rings. The number of methoxy groups -OCH3 is 1. The number of carbonyl (C=O) groups excluding carboxylic acids is 3. The maximum absolute atomic E-state index is 12.8. The lowest BCUT2D eigenvalue weighted by Gasteiger charge is -2.31. The van der Waals surface area contributed by atoms with Crippen LogP contribution in [-0.2, 0) is 27.3 Å². The molecule has 1 aliphatic heterocycles. The first-order valence-corrected chi connectivity index (χ1v) is 10.7. The standard InChI is InChI=1S/C24H30N4O4/c1-32-24(31)27-21(14-17-6-3-2-4-7-17)23(30)26-20-11-9-18(10-12-20)15-28-13-5-8-19(16-28)22(25)29/h2-4,6-7,9-12,19,21H,5,8,13-16H2,1H3,(H2,25,29)(H,26,30)(H,27,31). The first-order chi connectivity index (χ1) is 15.4. The molecular weight excluding hydrogens is 408 g/mol. The van der Waals surface area contributed by atoms with Gasteiger partial charge in [-0.15, -0.1) is 0 Å². The minimum absolute atomic E-state index is 0.0915. The van der Waals surface area contributed by atoms with Gasteiger partial charge in [0.1, 0.15) is 6.04 Å². The number of ether oxygens (including phenoxy) is 1. The van der Waals surface area contributed by atoms with Crippen LogP contribution in [0.2, 0.25) is 0 Å². The predicted molar refractivity (Wildman–Crippen MR) is 122 cm³/mol. The lowest BCUT2D eigenvalue weighted by Crippen LogP contribution is -2.45. The lowest BCUT2D eigenvalue weighted by molar-refractivity contribution is -0.123. The molecular formula is C24H30N4O4. The molecule has 1 heterocycles. The molecule has 1 fully saturated rings. The Kier molecular flexibility index (Phi) is 8.21. The van der Waals surface area contributed by atoms with E-state index in [0.717, 1.165) is 37.1 Å². The van der Waals surface area contributed by atoms with E-state index in [4.69, 9.17) is 5.73 Å². The van der Waals surface area contributed by atoms with Crippen molar-refractivity contribution < 1.29 is 19.1 Å². The molecule has 8 heteroatoms. The highest BCUT2D eigenvalue weighted by Gasteiger charge is 2.24. The van der Waals surface area contributed by atoms with Gasteiger partial charge < -0.3 is 21.1 Å². The Balaban J connectivity index is 1.60. The van der Waals surface area contributed by atoms with Crippen LogP contribution in [0.25, 0.3) is 0 Å². The summed E-state index contributed by atoms with van der Waals surface area (Å²) in [5.41, 5.74) is 8.11. The quantitative estimate of drug-likeness (QED) is 0.585. The number of primary amides is 1. The van der Waals surface area contributed by atoms with Gasteiger partial charge in [0.05, 0.1) is 13.0 Å². The van der Waals surface area contributed by atoms with Crippen molar-refractivity contribution in [3.63, 3.8) is 0 Å². The third-order valence-corrected chi connectivity index (χ3v) is 5.61. The monoisotopic (exact) mass is 438 g/mol. The summed E-state index contributed by atoms with van der Waals surface area (Å²) in [6, 6.07) is 16.3. The number of likely N-dealkylation sites (tertiary alicyclic amines) is 1. The van der Waals surface area contributed by atoms with E-state index >= 15 is 0 Å². The van der Waals surface area contributed by atoms with Crippen LogP contribution in [0.3, 0.4) is 0 Å². The third kappa shape index (κ3) is 6.81. The van der Waals surface area contributed by atoms with Gasteiger partial charge in [-0.1, -0.05) is 42.5 Å². The van der Waals surface area contributed by atoms with Crippen LogP contribution in [0, 0.1) is 5.92 Å². The minimum Gasteiger partial charge on any atom is -0.453 e. The molecule has 3 amide bonds. The molecule has 2 unspecified atom stereocenters. The molecule has 0 saturated carbocycles. The number of nitrogens with two attached hydrogens (primary N) is 1. The summed E-state index contributed by atoms with van der Waals surface area (Å²) < 4.78 is 4.67. The molecule has 1 aliphatic rings. The van der Waals surface area contributed by atoms with E-state index in [1.807, 2.05) is 54.6 Å². The van der Waals surface area contributed by atoms with E-state index in [2.05, 4.69) is 20.3 Å². The van der Waals surface area contributed by atoms with Crippen molar-refractivity contribution in [3.8, 4) is 0 Å². The second kappa shape index (κ2) is 11.3. The van der Waals surface area contributed by atoms with Gasteiger partial charge in [-0.05, 0) is 42.6 Å². The van der Waals surface area contributed by atoms with E-state index in [1.165, 1.54) is 7.11 Å². The maximum Gasteiger partial charge on any atom is 0.407 e. The molecule has 0 aliphatic carbocycles. The number of alkyl carbamates (subject to hydrolysis) is 1. The van der Waals surface area contributed by atoms with Crippen molar-refractivity contribution in [1.29, 1.82) is 0 Å². The highest BCUT2D eigenvalue weighted by atomic mass is 16.5. The highest BCUT2D eigenvalue weighted by Crippen LogP contribution is 2.19. The second-order valence-electron chi connectivity index (χ2n) is 8.04. The molecule has 0 bridgehead atoms. The van der Waals surface area contributed by atoms with Crippen molar-refractivity contribution in [2.45, 2.75) is 31.8 Å². The molecule has 4 N–H and O–H groups in total. The highest BCUT2D eigenvalue weighted by molar-refractivity contribution is 5.96. The average molecular weight is 439 g/mol. The van der Waals surface area contributed by atoms with Gasteiger partial charge in [-0.25, -0.2) is 4.79 Å². The van der Waals surface area contributed by atoms with E-state index in [9.17, 15) is 14.4 Å². The summed E-state index contributed by atoms with van der Waals surface area (Å²) in [5.74, 6) is -0.656. The van der Waals surface area contributed by atoms with E-state index in [-0.39, 0.29) is 17.7 Å². The molecule has 1 saturated heterocycles. The first kappa shape index (κ1) is 23.3. The fourth-order valence-electron chi connectivity index (χ4n) is 3.87. The normalized spacial score (nSPS) is 17.2. The average Bonchev–Trinajstić information content (AvgIpc) is 2.80. The summed E-state index contributed by atoms with van der Waals surface area (Å²) in [7, 11) is 1.26. The van der Waals surface area contributed by atoms with E-state index in [1.54, 1.807) is 0 Å². The van der Waals surface area contributed by atoms with Gasteiger partial charge in [-0.2, -0.15) is 0 Å². The molecule has 2 aromatic carbocycles. The fourth-order valence-corrected chi connectivity index (χ4v) is 3.87. The zero-order valence-electron chi connectivity index (χ0n) is 18.3. The van der Waals surface area contributed by atoms with Gasteiger partial charge in [0.15, 0.2) is 0 Å². The van der Waals surface area contributed by atoms with Crippen LogP contribution < -0.4 is 16.4 Å². The maximum atomic E-state index is 12.8. The lowest BCUT2D eigenvalue weighted by atomic mass is 9.97. The molecule has 0 spiro atoms. The van der Waals surface area contributed by atoms with Crippen molar-refractivity contribution in [3.05, 3.63) is 65.7 Å². The summed E-state index contributed by atoms with van der Waals surface area (Å²) in [4.78, 5) is 38.3. The molecule has 170 valence electrons. The number of hydrogen-bond acceptors (Lipinski definition) is 5. The molecule has 0 aromatic heterocycles. The van der Waals surface area contributed by atoms with Gasteiger partial charge in [0.2, 0.25) is 11.8 Å². The van der Waals surface area contributed by atoms with Gasteiger partial charge in [0.25, 0.3) is 0 Å². The van der Waals surface area contributed by atoms with Crippen LogP contribution in [0.4, 0.5) is 10.5 Å². The Morgan fingerprint density at radius 1 is 1.09 bits per heavy atom. The Bertz CT molecular complexity index is 917. The molecule has 3 rings (SSSR count). The fraction of sp³-hybridized carbons (Fsp3) is 0.375. The molecule has 32 heavy (non-hydrogen) atoms. The zero-order chi connectivity index (χ0) is 22.9. The van der Waals surface area contributed by atoms with Crippen molar-refractivity contribution in [2.75, 3.05) is 25.5 Å².